The lowest BCUT2D eigenvalue weighted by molar-refractivity contribution is 0.0595. The second-order valence-corrected chi connectivity index (χ2v) is 6.63. The molecule has 0 radical (unpaired) electrons. The van der Waals surface area contributed by atoms with Gasteiger partial charge in [0.25, 0.3) is 5.56 Å². The number of nitrogens with one attached hydrogen (secondary N) is 2. The first-order valence-electron chi connectivity index (χ1n) is 7.71. The molecule has 0 amide bonds. The second kappa shape index (κ2) is 5.82. The molecule has 2 aliphatic heterocycles. The van der Waals surface area contributed by atoms with Crippen molar-refractivity contribution in [2.45, 2.75) is 51.5 Å². The van der Waals surface area contributed by atoms with Crippen LogP contribution in [0.15, 0.2) is 4.79 Å². The van der Waals surface area contributed by atoms with E-state index in [0.29, 0.717) is 16.7 Å². The molecule has 2 aliphatic rings. The fourth-order valence-electron chi connectivity index (χ4n) is 3.95. The number of piperidine rings is 2. The van der Waals surface area contributed by atoms with Gasteiger partial charge >= 0.3 is 0 Å². The number of hydrogen-bond acceptors (Lipinski definition) is 3. The second-order valence-electron chi connectivity index (χ2n) is 6.22. The molecule has 3 heterocycles. The van der Waals surface area contributed by atoms with Crippen molar-refractivity contribution in [3.8, 4) is 0 Å². The molecule has 2 saturated heterocycles. The number of nitrogens with zero attached hydrogens (tertiary/aromatic N) is 1. The Kier molecular flexibility index (Phi) is 4.08. The van der Waals surface area contributed by atoms with Gasteiger partial charge in [-0.3, -0.25) is 9.78 Å². The summed E-state index contributed by atoms with van der Waals surface area (Å²) in [5.41, 5.74) is 1.84. The Morgan fingerprint density at radius 2 is 2.00 bits per heavy atom. The van der Waals surface area contributed by atoms with Gasteiger partial charge in [-0.05, 0) is 70.3 Å². The molecule has 0 spiro atoms. The molecule has 0 aromatic carbocycles. The molecule has 2 fully saturated rings. The summed E-state index contributed by atoms with van der Waals surface area (Å²) < 4.78 is 0.430. The average molecular weight is 293 g/mol. The molecule has 5 heteroatoms. The van der Waals surface area contributed by atoms with Gasteiger partial charge in [0.2, 0.25) is 0 Å². The predicted octanol–water partition coefficient (Wildman–Crippen LogP) is 2.55. The highest BCUT2D eigenvalue weighted by atomic mass is 32.1. The zero-order valence-electron chi connectivity index (χ0n) is 12.1. The molecular weight excluding hydrogens is 270 g/mol. The largest absolute Gasteiger partial charge is 0.336 e. The lowest BCUT2D eigenvalue weighted by Crippen LogP contribution is -2.48. The predicted molar refractivity (Wildman–Crippen MR) is 82.6 cm³/mol. The zero-order valence-corrected chi connectivity index (χ0v) is 12.9. The number of rotatable bonds is 2. The van der Waals surface area contributed by atoms with Gasteiger partial charge in [-0.15, -0.1) is 0 Å². The van der Waals surface area contributed by atoms with E-state index in [2.05, 4.69) is 14.9 Å². The molecule has 0 aliphatic carbocycles. The van der Waals surface area contributed by atoms with Crippen LogP contribution >= 0.6 is 12.2 Å². The van der Waals surface area contributed by atoms with Crippen LogP contribution in [0, 0.1) is 17.6 Å². The summed E-state index contributed by atoms with van der Waals surface area (Å²) in [6.45, 7) is 4.45. The number of H-pyrrole nitrogens is 2. The Balaban J connectivity index is 1.83. The van der Waals surface area contributed by atoms with E-state index in [9.17, 15) is 4.79 Å². The summed E-state index contributed by atoms with van der Waals surface area (Å²) >= 11 is 5.02. The van der Waals surface area contributed by atoms with Gasteiger partial charge in [0.1, 0.15) is 0 Å². The third kappa shape index (κ3) is 2.74. The van der Waals surface area contributed by atoms with Gasteiger partial charge in [0.15, 0.2) is 4.77 Å². The maximum Gasteiger partial charge on any atom is 0.255 e. The highest BCUT2D eigenvalue weighted by Crippen LogP contribution is 2.32. The van der Waals surface area contributed by atoms with Gasteiger partial charge in [0.05, 0.1) is 0 Å². The Bertz CT molecular complexity index is 590. The van der Waals surface area contributed by atoms with Crippen LogP contribution in [0.2, 0.25) is 0 Å². The molecule has 2 atom stereocenters. The van der Waals surface area contributed by atoms with Crippen LogP contribution in [0.1, 0.15) is 43.4 Å². The first-order valence-corrected chi connectivity index (χ1v) is 8.12. The van der Waals surface area contributed by atoms with E-state index in [1.165, 1.54) is 45.2 Å². The van der Waals surface area contributed by atoms with Crippen molar-refractivity contribution in [2.75, 3.05) is 13.1 Å². The van der Waals surface area contributed by atoms with Crippen LogP contribution in [0.3, 0.4) is 0 Å². The van der Waals surface area contributed by atoms with E-state index in [-0.39, 0.29) is 5.56 Å². The molecular formula is C15H23N3OS. The van der Waals surface area contributed by atoms with E-state index in [1.807, 2.05) is 6.92 Å². The van der Waals surface area contributed by atoms with Crippen molar-refractivity contribution in [2.24, 2.45) is 5.92 Å². The molecule has 0 saturated carbocycles. The van der Waals surface area contributed by atoms with Crippen molar-refractivity contribution in [1.82, 2.24) is 14.9 Å². The van der Waals surface area contributed by atoms with Gasteiger partial charge < -0.3 is 9.88 Å². The van der Waals surface area contributed by atoms with E-state index in [4.69, 9.17) is 12.2 Å². The Hall–Kier alpha value is -0.940. The third-order valence-corrected chi connectivity index (χ3v) is 5.15. The standard InChI is InChI=1S/C15H23N3OS/c1-10-12(14(19)17-15(20)16-10)9-11-5-4-8-18-7-3-2-6-13(11)18/h11,13H,2-9H2,1H3,(H2,16,17,19,20). The van der Waals surface area contributed by atoms with Crippen LogP contribution in [0.4, 0.5) is 0 Å². The first kappa shape index (κ1) is 14.0. The smallest absolute Gasteiger partial charge is 0.255 e. The van der Waals surface area contributed by atoms with Crippen LogP contribution < -0.4 is 5.56 Å². The quantitative estimate of drug-likeness (QED) is 0.824. The minimum Gasteiger partial charge on any atom is -0.336 e. The normalized spacial score (nSPS) is 27.2. The Labute approximate surface area is 124 Å². The fourth-order valence-corrected chi connectivity index (χ4v) is 4.19. The maximum absolute atomic E-state index is 12.1. The molecule has 110 valence electrons. The Morgan fingerprint density at radius 3 is 2.80 bits per heavy atom. The maximum atomic E-state index is 12.1. The summed E-state index contributed by atoms with van der Waals surface area (Å²) in [4.78, 5) is 20.6. The zero-order chi connectivity index (χ0) is 14.1. The molecule has 1 aromatic rings. The van der Waals surface area contributed by atoms with Crippen molar-refractivity contribution in [3.63, 3.8) is 0 Å². The SMILES string of the molecule is Cc1[nH]c(=S)[nH]c(=O)c1CC1CCCN2CCCCC12. The number of fused-ring (bicyclic) bond motifs is 1. The monoisotopic (exact) mass is 293 g/mol. The highest BCUT2D eigenvalue weighted by molar-refractivity contribution is 7.71. The van der Waals surface area contributed by atoms with Crippen LogP contribution in [-0.4, -0.2) is 34.0 Å². The third-order valence-electron chi connectivity index (χ3n) is 4.95. The first-order chi connectivity index (χ1) is 9.65. The van der Waals surface area contributed by atoms with E-state index < -0.39 is 0 Å². The Morgan fingerprint density at radius 1 is 1.20 bits per heavy atom. The summed E-state index contributed by atoms with van der Waals surface area (Å²) in [6.07, 6.45) is 7.36. The van der Waals surface area contributed by atoms with E-state index >= 15 is 0 Å². The van der Waals surface area contributed by atoms with Gasteiger partial charge in [0, 0.05) is 17.3 Å². The summed E-state index contributed by atoms with van der Waals surface area (Å²) in [5.74, 6) is 0.619. The van der Waals surface area contributed by atoms with Crippen molar-refractivity contribution >= 4 is 12.2 Å². The number of hydrogen-bond donors (Lipinski definition) is 2. The fraction of sp³-hybridized carbons (Fsp3) is 0.733. The molecule has 0 bridgehead atoms. The number of aromatic nitrogens is 2. The van der Waals surface area contributed by atoms with Crippen molar-refractivity contribution in [3.05, 3.63) is 26.4 Å². The highest BCUT2D eigenvalue weighted by Gasteiger charge is 2.33. The van der Waals surface area contributed by atoms with E-state index in [1.54, 1.807) is 0 Å². The van der Waals surface area contributed by atoms with Crippen LogP contribution in [-0.2, 0) is 6.42 Å². The summed E-state index contributed by atoms with van der Waals surface area (Å²) in [6, 6.07) is 0.680. The molecule has 3 rings (SSSR count). The minimum absolute atomic E-state index is 0.000757. The summed E-state index contributed by atoms with van der Waals surface area (Å²) in [7, 11) is 0. The number of aryl methyl sites for hydroxylation is 1. The van der Waals surface area contributed by atoms with Crippen molar-refractivity contribution in [1.29, 1.82) is 0 Å². The van der Waals surface area contributed by atoms with Gasteiger partial charge in [-0.2, -0.15) is 0 Å². The molecule has 4 nitrogen and oxygen atoms in total. The molecule has 2 N–H and O–H groups in total. The number of aromatic amines is 2. The van der Waals surface area contributed by atoms with Gasteiger partial charge in [-0.25, -0.2) is 0 Å². The topological polar surface area (TPSA) is 51.9 Å². The minimum atomic E-state index is -0.000757. The van der Waals surface area contributed by atoms with Crippen LogP contribution in [0.5, 0.6) is 0 Å². The average Bonchev–Trinajstić information content (AvgIpc) is 2.43. The molecule has 1 aromatic heterocycles. The molecule has 2 unspecified atom stereocenters. The summed E-state index contributed by atoms with van der Waals surface area (Å²) in [5, 5.41) is 0. The lowest BCUT2D eigenvalue weighted by atomic mass is 9.80. The molecule has 20 heavy (non-hydrogen) atoms. The van der Waals surface area contributed by atoms with Gasteiger partial charge in [-0.1, -0.05) is 6.42 Å². The lowest BCUT2D eigenvalue weighted by Gasteiger charge is -2.44. The van der Waals surface area contributed by atoms with E-state index in [0.717, 1.165) is 17.7 Å². The van der Waals surface area contributed by atoms with Crippen molar-refractivity contribution < 1.29 is 0 Å². The van der Waals surface area contributed by atoms with Crippen LogP contribution in [0.25, 0.3) is 0 Å².